The molecule has 86 valence electrons. The van der Waals surface area contributed by atoms with Crippen molar-refractivity contribution in [3.05, 3.63) is 47.8 Å². The molecule has 0 N–H and O–H groups in total. The largest absolute Gasteiger partial charge is 0.335 e. The zero-order valence-corrected chi connectivity index (χ0v) is 9.66. The number of hydrogen-bond donors (Lipinski definition) is 0. The molecule has 3 heteroatoms. The van der Waals surface area contributed by atoms with Gasteiger partial charge in [0.05, 0.1) is 0 Å². The zero-order chi connectivity index (χ0) is 12.1. The van der Waals surface area contributed by atoms with Crippen molar-refractivity contribution in [1.82, 2.24) is 4.90 Å². The highest BCUT2D eigenvalue weighted by Crippen LogP contribution is 2.11. The Morgan fingerprint density at radius 2 is 2.25 bits per heavy atom. The van der Waals surface area contributed by atoms with Gasteiger partial charge < -0.3 is 4.90 Å². The van der Waals surface area contributed by atoms with E-state index in [4.69, 9.17) is 0 Å². The lowest BCUT2D eigenvalue weighted by molar-refractivity contribution is 0.0782. The van der Waals surface area contributed by atoms with Crippen LogP contribution in [0.2, 0.25) is 0 Å². The molecule has 0 saturated heterocycles. The van der Waals surface area contributed by atoms with Gasteiger partial charge >= 0.3 is 0 Å². The minimum Gasteiger partial charge on any atom is -0.335 e. The standard InChI is InChI=1S/C13H16FNO/c1-4-8-15(5-2)13(16)11-6-7-12(14)10(3)9-11/h4,6-7,9H,1,5,8H2,2-3H3. The van der Waals surface area contributed by atoms with E-state index in [0.29, 0.717) is 24.2 Å². The first-order chi connectivity index (χ1) is 7.60. The van der Waals surface area contributed by atoms with Crippen LogP contribution in [0, 0.1) is 12.7 Å². The highest BCUT2D eigenvalue weighted by molar-refractivity contribution is 5.94. The Kier molecular flexibility index (Phi) is 4.23. The van der Waals surface area contributed by atoms with Crippen molar-refractivity contribution in [2.75, 3.05) is 13.1 Å². The summed E-state index contributed by atoms with van der Waals surface area (Å²) in [5, 5.41) is 0. The van der Waals surface area contributed by atoms with Gasteiger partial charge in [0.15, 0.2) is 0 Å². The van der Waals surface area contributed by atoms with Gasteiger partial charge in [-0.05, 0) is 37.6 Å². The van der Waals surface area contributed by atoms with E-state index in [1.807, 2.05) is 6.92 Å². The molecule has 1 amide bonds. The van der Waals surface area contributed by atoms with E-state index in [0.717, 1.165) is 0 Å². The predicted molar refractivity (Wildman–Crippen MR) is 62.9 cm³/mol. The van der Waals surface area contributed by atoms with E-state index in [1.54, 1.807) is 24.0 Å². The Labute approximate surface area is 95.4 Å². The Balaban J connectivity index is 2.94. The maximum atomic E-state index is 13.1. The minimum atomic E-state index is -0.289. The predicted octanol–water partition coefficient (Wildman–Crippen LogP) is 2.78. The van der Waals surface area contributed by atoms with Crippen molar-refractivity contribution in [2.24, 2.45) is 0 Å². The third kappa shape index (κ3) is 2.69. The topological polar surface area (TPSA) is 20.3 Å². The first-order valence-corrected chi connectivity index (χ1v) is 5.26. The molecule has 1 rings (SSSR count). The molecule has 0 atom stereocenters. The molecule has 0 aromatic heterocycles. The van der Waals surface area contributed by atoms with Crippen LogP contribution in [-0.2, 0) is 0 Å². The quantitative estimate of drug-likeness (QED) is 0.716. The third-order valence-corrected chi connectivity index (χ3v) is 2.42. The van der Waals surface area contributed by atoms with E-state index in [2.05, 4.69) is 6.58 Å². The molecule has 1 aromatic carbocycles. The number of aryl methyl sites for hydroxylation is 1. The summed E-state index contributed by atoms with van der Waals surface area (Å²) in [5.74, 6) is -0.381. The van der Waals surface area contributed by atoms with Crippen molar-refractivity contribution in [1.29, 1.82) is 0 Å². The van der Waals surface area contributed by atoms with Crippen molar-refractivity contribution >= 4 is 5.91 Å². The highest BCUT2D eigenvalue weighted by atomic mass is 19.1. The van der Waals surface area contributed by atoms with Gasteiger partial charge in [0, 0.05) is 18.7 Å². The summed E-state index contributed by atoms with van der Waals surface area (Å²) in [4.78, 5) is 13.6. The Morgan fingerprint density at radius 3 is 2.75 bits per heavy atom. The average molecular weight is 221 g/mol. The molecule has 0 fully saturated rings. The molecule has 0 bridgehead atoms. The fourth-order valence-corrected chi connectivity index (χ4v) is 1.47. The monoisotopic (exact) mass is 221 g/mol. The Hall–Kier alpha value is -1.64. The summed E-state index contributed by atoms with van der Waals surface area (Å²) in [7, 11) is 0. The van der Waals surface area contributed by atoms with Gasteiger partial charge in [0.2, 0.25) is 0 Å². The van der Waals surface area contributed by atoms with Gasteiger partial charge in [-0.3, -0.25) is 4.79 Å². The molecule has 1 aromatic rings. The van der Waals surface area contributed by atoms with Gasteiger partial charge in [-0.2, -0.15) is 0 Å². The number of nitrogens with zero attached hydrogens (tertiary/aromatic N) is 1. The van der Waals surface area contributed by atoms with Crippen LogP contribution >= 0.6 is 0 Å². The number of benzene rings is 1. The summed E-state index contributed by atoms with van der Waals surface area (Å²) in [6.45, 7) is 8.27. The Morgan fingerprint density at radius 1 is 1.56 bits per heavy atom. The lowest BCUT2D eigenvalue weighted by Crippen LogP contribution is -2.30. The van der Waals surface area contributed by atoms with Crippen molar-refractivity contribution in [3.63, 3.8) is 0 Å². The van der Waals surface area contributed by atoms with Crippen molar-refractivity contribution < 1.29 is 9.18 Å². The van der Waals surface area contributed by atoms with E-state index in [-0.39, 0.29) is 11.7 Å². The van der Waals surface area contributed by atoms with Crippen LogP contribution < -0.4 is 0 Å². The number of carbonyl (C=O) groups is 1. The molecular weight excluding hydrogens is 205 g/mol. The first-order valence-electron chi connectivity index (χ1n) is 5.26. The van der Waals surface area contributed by atoms with Gasteiger partial charge in [-0.15, -0.1) is 6.58 Å². The lowest BCUT2D eigenvalue weighted by Gasteiger charge is -2.19. The van der Waals surface area contributed by atoms with Crippen LogP contribution in [0.1, 0.15) is 22.8 Å². The number of hydrogen-bond acceptors (Lipinski definition) is 1. The molecule has 0 saturated carbocycles. The van der Waals surface area contributed by atoms with Crippen LogP contribution in [0.3, 0.4) is 0 Å². The van der Waals surface area contributed by atoms with Crippen LogP contribution in [0.25, 0.3) is 0 Å². The maximum Gasteiger partial charge on any atom is 0.254 e. The third-order valence-electron chi connectivity index (χ3n) is 2.42. The number of rotatable bonds is 4. The second-order valence-corrected chi connectivity index (χ2v) is 3.60. The highest BCUT2D eigenvalue weighted by Gasteiger charge is 2.13. The summed E-state index contributed by atoms with van der Waals surface area (Å²) in [6.07, 6.45) is 1.68. The van der Waals surface area contributed by atoms with Crippen LogP contribution in [0.4, 0.5) is 4.39 Å². The smallest absolute Gasteiger partial charge is 0.254 e. The van der Waals surface area contributed by atoms with Crippen LogP contribution in [-0.4, -0.2) is 23.9 Å². The lowest BCUT2D eigenvalue weighted by atomic mass is 10.1. The zero-order valence-electron chi connectivity index (χ0n) is 9.66. The number of likely N-dealkylation sites (N-methyl/N-ethyl adjacent to an activating group) is 1. The van der Waals surface area contributed by atoms with E-state index in [9.17, 15) is 9.18 Å². The molecule has 0 spiro atoms. The van der Waals surface area contributed by atoms with Crippen molar-refractivity contribution in [3.8, 4) is 0 Å². The summed E-state index contributed by atoms with van der Waals surface area (Å²) in [6, 6.07) is 4.41. The van der Waals surface area contributed by atoms with Crippen LogP contribution in [0.5, 0.6) is 0 Å². The Bertz CT molecular complexity index is 401. The molecule has 0 aliphatic rings. The molecule has 2 nitrogen and oxygen atoms in total. The number of halogens is 1. The molecule has 0 aliphatic carbocycles. The average Bonchev–Trinajstić information content (AvgIpc) is 2.28. The van der Waals surface area contributed by atoms with Gasteiger partial charge in [0.1, 0.15) is 5.82 Å². The normalized spacial score (nSPS) is 9.94. The summed E-state index contributed by atoms with van der Waals surface area (Å²) < 4.78 is 13.1. The number of amides is 1. The van der Waals surface area contributed by atoms with Gasteiger partial charge in [-0.25, -0.2) is 4.39 Å². The van der Waals surface area contributed by atoms with E-state index < -0.39 is 0 Å². The molecule has 0 aliphatic heterocycles. The second-order valence-electron chi connectivity index (χ2n) is 3.60. The second kappa shape index (κ2) is 5.45. The molecule has 0 radical (unpaired) electrons. The molecular formula is C13H16FNO. The minimum absolute atomic E-state index is 0.0921. The van der Waals surface area contributed by atoms with E-state index >= 15 is 0 Å². The van der Waals surface area contributed by atoms with Crippen molar-refractivity contribution in [2.45, 2.75) is 13.8 Å². The SMILES string of the molecule is C=CCN(CC)C(=O)c1ccc(F)c(C)c1. The maximum absolute atomic E-state index is 13.1. The summed E-state index contributed by atoms with van der Waals surface area (Å²) >= 11 is 0. The fourth-order valence-electron chi connectivity index (χ4n) is 1.47. The molecule has 0 unspecified atom stereocenters. The van der Waals surface area contributed by atoms with Gasteiger partial charge in [-0.1, -0.05) is 6.08 Å². The van der Waals surface area contributed by atoms with Crippen LogP contribution in [0.15, 0.2) is 30.9 Å². The molecule has 0 heterocycles. The fraction of sp³-hybridized carbons (Fsp3) is 0.308. The van der Waals surface area contributed by atoms with E-state index in [1.165, 1.54) is 12.1 Å². The molecule has 16 heavy (non-hydrogen) atoms. The first kappa shape index (κ1) is 12.4. The van der Waals surface area contributed by atoms with Gasteiger partial charge in [0.25, 0.3) is 5.91 Å². The number of carbonyl (C=O) groups excluding carboxylic acids is 1. The summed E-state index contributed by atoms with van der Waals surface area (Å²) in [5.41, 5.74) is 1.00.